The molecule has 0 spiro atoms. The Hall–Kier alpha value is -2.25. The van der Waals surface area contributed by atoms with Gasteiger partial charge in [-0.3, -0.25) is 9.30 Å². The van der Waals surface area contributed by atoms with Crippen molar-refractivity contribution < 1.29 is 17.5 Å². The highest BCUT2D eigenvalue weighted by Gasteiger charge is 2.30. The van der Waals surface area contributed by atoms with Gasteiger partial charge in [0.2, 0.25) is 0 Å². The number of benzene rings is 2. The summed E-state index contributed by atoms with van der Waals surface area (Å²) >= 11 is 0. The molecule has 0 radical (unpaired) electrons. The summed E-state index contributed by atoms with van der Waals surface area (Å²) in [4.78, 5) is 4.88. The number of halogens is 1. The van der Waals surface area contributed by atoms with Crippen LogP contribution >= 0.6 is 0 Å². The molecule has 2 aromatic rings. The van der Waals surface area contributed by atoms with Crippen molar-refractivity contribution in [2.24, 2.45) is 16.8 Å². The molecule has 172 valence electrons. The SMILES string of the molecule is Cc1ccc(N(CC(C)C)S(=O)(=O)c2ccc3c(c2)CN=C3CC2CCOCC2)c(F)c1. The Morgan fingerprint density at radius 1 is 1.16 bits per heavy atom. The molecule has 0 unspecified atom stereocenters. The van der Waals surface area contributed by atoms with Crippen molar-refractivity contribution in [3.05, 3.63) is 58.9 Å². The van der Waals surface area contributed by atoms with E-state index in [0.29, 0.717) is 12.5 Å². The number of ether oxygens (including phenoxy) is 1. The van der Waals surface area contributed by atoms with Gasteiger partial charge in [0.05, 0.1) is 17.1 Å². The van der Waals surface area contributed by atoms with E-state index in [-0.39, 0.29) is 23.0 Å². The van der Waals surface area contributed by atoms with Gasteiger partial charge in [0.1, 0.15) is 5.82 Å². The van der Waals surface area contributed by atoms with Crippen LogP contribution in [0.3, 0.4) is 0 Å². The lowest BCUT2D eigenvalue weighted by atomic mass is 9.91. The monoisotopic (exact) mass is 458 g/mol. The first-order chi connectivity index (χ1) is 15.3. The normalized spacial score (nSPS) is 16.8. The predicted octanol–water partition coefficient (Wildman–Crippen LogP) is 5.10. The van der Waals surface area contributed by atoms with Crippen LogP contribution in [0.15, 0.2) is 46.3 Å². The minimum absolute atomic E-state index is 0.0364. The van der Waals surface area contributed by atoms with Gasteiger partial charge in [-0.05, 0) is 73.4 Å². The topological polar surface area (TPSA) is 59.0 Å². The first-order valence-electron chi connectivity index (χ1n) is 11.3. The van der Waals surface area contributed by atoms with Crippen LogP contribution < -0.4 is 4.31 Å². The highest BCUT2D eigenvalue weighted by molar-refractivity contribution is 7.92. The van der Waals surface area contributed by atoms with Crippen molar-refractivity contribution in [2.45, 2.75) is 51.5 Å². The van der Waals surface area contributed by atoms with E-state index in [2.05, 4.69) is 0 Å². The van der Waals surface area contributed by atoms with Gasteiger partial charge in [0.25, 0.3) is 10.0 Å². The van der Waals surface area contributed by atoms with Crippen LogP contribution in [-0.2, 0) is 21.3 Å². The van der Waals surface area contributed by atoms with Crippen molar-refractivity contribution in [3.63, 3.8) is 0 Å². The van der Waals surface area contributed by atoms with Gasteiger partial charge in [-0.1, -0.05) is 26.0 Å². The third-order valence-electron chi connectivity index (χ3n) is 6.14. The Morgan fingerprint density at radius 3 is 2.59 bits per heavy atom. The number of aliphatic imine (C=N–C) groups is 1. The van der Waals surface area contributed by atoms with E-state index in [9.17, 15) is 12.8 Å². The van der Waals surface area contributed by atoms with Crippen molar-refractivity contribution in [1.29, 1.82) is 0 Å². The smallest absolute Gasteiger partial charge is 0.264 e. The highest BCUT2D eigenvalue weighted by atomic mass is 32.2. The van der Waals surface area contributed by atoms with Crippen LogP contribution in [0.5, 0.6) is 0 Å². The van der Waals surface area contributed by atoms with E-state index in [1.807, 2.05) is 19.9 Å². The second kappa shape index (κ2) is 9.32. The van der Waals surface area contributed by atoms with Crippen molar-refractivity contribution in [3.8, 4) is 0 Å². The molecule has 2 heterocycles. The Bertz CT molecular complexity index is 1120. The number of hydrogen-bond acceptors (Lipinski definition) is 4. The maximum Gasteiger partial charge on any atom is 0.264 e. The summed E-state index contributed by atoms with van der Waals surface area (Å²) in [5.41, 5.74) is 3.84. The molecule has 7 heteroatoms. The molecule has 32 heavy (non-hydrogen) atoms. The van der Waals surface area contributed by atoms with E-state index in [0.717, 1.165) is 54.9 Å². The fraction of sp³-hybridized carbons (Fsp3) is 0.480. The van der Waals surface area contributed by atoms with Gasteiger partial charge in [0, 0.05) is 31.0 Å². The summed E-state index contributed by atoms with van der Waals surface area (Å²) in [6, 6.07) is 9.88. The molecule has 0 bridgehead atoms. The average molecular weight is 459 g/mol. The molecule has 5 nitrogen and oxygen atoms in total. The van der Waals surface area contributed by atoms with Gasteiger partial charge in [-0.25, -0.2) is 12.8 Å². The van der Waals surface area contributed by atoms with Gasteiger partial charge >= 0.3 is 0 Å². The van der Waals surface area contributed by atoms with E-state index in [1.54, 1.807) is 31.2 Å². The highest BCUT2D eigenvalue weighted by Crippen LogP contribution is 2.32. The number of hydrogen-bond donors (Lipinski definition) is 0. The molecule has 0 amide bonds. The van der Waals surface area contributed by atoms with Crippen LogP contribution in [-0.4, -0.2) is 33.9 Å². The Labute approximate surface area is 190 Å². The van der Waals surface area contributed by atoms with Crippen LogP contribution in [0.4, 0.5) is 10.1 Å². The average Bonchev–Trinajstić information content (AvgIpc) is 3.15. The summed E-state index contributed by atoms with van der Waals surface area (Å²) in [6.45, 7) is 7.91. The standard InChI is InChI=1S/C25H31FN2O3S/c1-17(2)16-28(25-7-4-18(3)12-23(25)26)32(29,30)21-5-6-22-20(14-21)15-27-24(22)13-19-8-10-31-11-9-19/h4-7,12,14,17,19H,8-11,13,15-16H2,1-3H3. The molecule has 1 saturated heterocycles. The van der Waals surface area contributed by atoms with Crippen molar-refractivity contribution in [2.75, 3.05) is 24.1 Å². The first kappa shape index (κ1) is 22.9. The quantitative estimate of drug-likeness (QED) is 0.580. The number of nitrogens with zero attached hydrogens (tertiary/aromatic N) is 2. The fourth-order valence-corrected chi connectivity index (χ4v) is 6.09. The summed E-state index contributed by atoms with van der Waals surface area (Å²) in [7, 11) is -3.92. The number of sulfonamides is 1. The molecule has 0 atom stereocenters. The third kappa shape index (κ3) is 4.74. The number of fused-ring (bicyclic) bond motifs is 1. The summed E-state index contributed by atoms with van der Waals surface area (Å²) in [5.74, 6) is 0.0645. The molecule has 4 rings (SSSR count). The van der Waals surface area contributed by atoms with Crippen molar-refractivity contribution in [1.82, 2.24) is 0 Å². The lowest BCUT2D eigenvalue weighted by Gasteiger charge is -2.27. The molecule has 1 fully saturated rings. The number of anilines is 1. The van der Waals surface area contributed by atoms with Crippen LogP contribution in [0.2, 0.25) is 0 Å². The maximum absolute atomic E-state index is 14.8. The zero-order valence-electron chi connectivity index (χ0n) is 19.0. The second-order valence-corrected chi connectivity index (χ2v) is 11.1. The summed E-state index contributed by atoms with van der Waals surface area (Å²) < 4.78 is 48.6. The second-order valence-electron chi connectivity index (χ2n) is 9.23. The lowest BCUT2D eigenvalue weighted by Crippen LogP contribution is -2.35. The Morgan fingerprint density at radius 2 is 1.91 bits per heavy atom. The number of rotatable bonds is 7. The maximum atomic E-state index is 14.8. The van der Waals surface area contributed by atoms with E-state index < -0.39 is 15.8 Å². The van der Waals surface area contributed by atoms with Crippen LogP contribution in [0, 0.1) is 24.6 Å². The molecule has 0 aliphatic carbocycles. The minimum Gasteiger partial charge on any atom is -0.381 e. The lowest BCUT2D eigenvalue weighted by molar-refractivity contribution is 0.0685. The molecule has 0 aromatic heterocycles. The van der Waals surface area contributed by atoms with Gasteiger partial charge in [0.15, 0.2) is 0 Å². The molecule has 0 saturated carbocycles. The van der Waals surface area contributed by atoms with E-state index in [4.69, 9.17) is 9.73 Å². The van der Waals surface area contributed by atoms with Gasteiger partial charge in [-0.15, -0.1) is 0 Å². The third-order valence-corrected chi connectivity index (χ3v) is 7.92. The zero-order valence-corrected chi connectivity index (χ0v) is 19.8. The van der Waals surface area contributed by atoms with E-state index >= 15 is 0 Å². The molecular formula is C25H31FN2O3S. The molecular weight excluding hydrogens is 427 g/mol. The van der Waals surface area contributed by atoms with E-state index in [1.165, 1.54) is 10.4 Å². The van der Waals surface area contributed by atoms with Crippen molar-refractivity contribution >= 4 is 21.4 Å². The zero-order chi connectivity index (χ0) is 22.9. The largest absolute Gasteiger partial charge is 0.381 e. The Kier molecular flexibility index (Phi) is 6.67. The summed E-state index contributed by atoms with van der Waals surface area (Å²) in [5, 5.41) is 0. The number of aryl methyl sites for hydroxylation is 1. The van der Waals surface area contributed by atoms with Crippen LogP contribution in [0.1, 0.15) is 49.8 Å². The van der Waals surface area contributed by atoms with Gasteiger partial charge in [-0.2, -0.15) is 0 Å². The fourth-order valence-electron chi connectivity index (χ4n) is 4.41. The summed E-state index contributed by atoms with van der Waals surface area (Å²) in [6.07, 6.45) is 2.97. The minimum atomic E-state index is -3.92. The first-order valence-corrected chi connectivity index (χ1v) is 12.7. The Balaban J connectivity index is 1.63. The van der Waals surface area contributed by atoms with Crippen LogP contribution in [0.25, 0.3) is 0 Å². The molecule has 0 N–H and O–H groups in total. The molecule has 2 aliphatic heterocycles. The molecule has 2 aromatic carbocycles. The molecule has 2 aliphatic rings. The predicted molar refractivity (Wildman–Crippen MR) is 125 cm³/mol. The van der Waals surface area contributed by atoms with Gasteiger partial charge < -0.3 is 4.74 Å².